The van der Waals surface area contributed by atoms with Gasteiger partial charge in [-0.15, -0.1) is 0 Å². The first-order chi connectivity index (χ1) is 20.9. The summed E-state index contributed by atoms with van der Waals surface area (Å²) in [6.45, 7) is 3.07. The van der Waals surface area contributed by atoms with Gasteiger partial charge in [0.2, 0.25) is 33.7 Å². The zero-order valence-corrected chi connectivity index (χ0v) is 26.5. The first-order valence-electron chi connectivity index (χ1n) is 14.5. The highest BCUT2D eigenvalue weighted by molar-refractivity contribution is 7.88. The first kappa shape index (κ1) is 33.4. The summed E-state index contributed by atoms with van der Waals surface area (Å²) in [4.78, 5) is 56.3. The largest absolute Gasteiger partial charge is 0.342 e. The zero-order valence-electron chi connectivity index (χ0n) is 24.9. The Hall–Kier alpha value is -3.52. The molecule has 0 aromatic heterocycles. The molecule has 0 spiro atoms. The van der Waals surface area contributed by atoms with Crippen molar-refractivity contribution in [3.63, 3.8) is 0 Å². The van der Waals surface area contributed by atoms with Gasteiger partial charge in [-0.2, -0.15) is 4.31 Å². The normalized spacial score (nSPS) is 17.9. The van der Waals surface area contributed by atoms with Gasteiger partial charge in [-0.05, 0) is 54.8 Å². The molecule has 2 heterocycles. The fourth-order valence-corrected chi connectivity index (χ4v) is 6.40. The average molecular weight is 647 g/mol. The van der Waals surface area contributed by atoms with Crippen molar-refractivity contribution in [1.82, 2.24) is 19.4 Å². The van der Waals surface area contributed by atoms with E-state index in [0.29, 0.717) is 10.7 Å². The van der Waals surface area contributed by atoms with E-state index in [9.17, 15) is 27.6 Å². The number of halogens is 1. The van der Waals surface area contributed by atoms with Crippen LogP contribution in [0.4, 0.5) is 5.69 Å². The number of carbonyl (C=O) groups is 4. The monoisotopic (exact) mass is 646 g/mol. The maximum Gasteiger partial charge on any atom is 0.246 e. The van der Waals surface area contributed by atoms with Gasteiger partial charge in [0.15, 0.2) is 0 Å². The van der Waals surface area contributed by atoms with Crippen molar-refractivity contribution < 1.29 is 27.6 Å². The van der Waals surface area contributed by atoms with Crippen molar-refractivity contribution in [2.45, 2.75) is 51.2 Å². The first-order valence-corrected chi connectivity index (χ1v) is 16.8. The van der Waals surface area contributed by atoms with E-state index in [0.717, 1.165) is 22.9 Å². The number of aryl methyl sites for hydroxylation is 1. The molecule has 44 heavy (non-hydrogen) atoms. The highest BCUT2D eigenvalue weighted by Gasteiger charge is 2.36. The van der Waals surface area contributed by atoms with Gasteiger partial charge in [0, 0.05) is 62.7 Å². The summed E-state index contributed by atoms with van der Waals surface area (Å²) in [6.07, 6.45) is 1.39. The molecular formula is C30H39ClN6O6S. The summed E-state index contributed by atoms with van der Waals surface area (Å²) in [5.41, 5.74) is 8.92. The van der Waals surface area contributed by atoms with Crippen molar-refractivity contribution in [2.24, 2.45) is 5.73 Å². The van der Waals surface area contributed by atoms with E-state index in [1.807, 2.05) is 31.2 Å². The lowest BCUT2D eigenvalue weighted by molar-refractivity contribution is -0.144. The minimum Gasteiger partial charge on any atom is -0.342 e. The predicted octanol–water partition coefficient (Wildman–Crippen LogP) is 1.26. The third-order valence-corrected chi connectivity index (χ3v) is 9.73. The van der Waals surface area contributed by atoms with E-state index in [2.05, 4.69) is 10.6 Å². The molecule has 14 heteroatoms. The molecule has 4 amide bonds. The number of hydrogen-bond acceptors (Lipinski definition) is 7. The fraction of sp³-hybridized carbons (Fsp3) is 0.467. The number of rotatable bonds is 10. The van der Waals surface area contributed by atoms with Crippen LogP contribution in [0.25, 0.3) is 0 Å². The number of nitrogens with two attached hydrogens (primary N) is 1. The van der Waals surface area contributed by atoms with Gasteiger partial charge in [-0.1, -0.05) is 35.9 Å². The third-order valence-electron chi connectivity index (χ3n) is 8.00. The summed E-state index contributed by atoms with van der Waals surface area (Å²) in [6, 6.07) is 10.8. The molecule has 0 bridgehead atoms. The van der Waals surface area contributed by atoms with Crippen molar-refractivity contribution in [3.05, 3.63) is 64.2 Å². The van der Waals surface area contributed by atoms with Crippen LogP contribution in [0.15, 0.2) is 42.5 Å². The summed E-state index contributed by atoms with van der Waals surface area (Å²) >= 11 is 6.10. The second kappa shape index (κ2) is 14.5. The van der Waals surface area contributed by atoms with Gasteiger partial charge in [0.1, 0.15) is 12.1 Å². The highest BCUT2D eigenvalue weighted by Crippen LogP contribution is 2.25. The van der Waals surface area contributed by atoms with Crippen LogP contribution >= 0.6 is 11.6 Å². The van der Waals surface area contributed by atoms with Crippen LogP contribution < -0.4 is 16.4 Å². The Morgan fingerprint density at radius 1 is 1.00 bits per heavy atom. The molecule has 12 nitrogen and oxygen atoms in total. The maximum atomic E-state index is 13.7. The SMILES string of the molecule is Cc1cc(NC(=O)[C@H](CCN)NC(=O)[C@@H]2Cc3ccccc3CN2C(=O)CCC(=O)N2CCN(S(C)(=O)=O)CC2)ccc1Cl. The van der Waals surface area contributed by atoms with Gasteiger partial charge in [0.05, 0.1) is 6.26 Å². The fourth-order valence-electron chi connectivity index (χ4n) is 5.46. The number of hydrogen-bond donors (Lipinski definition) is 3. The van der Waals surface area contributed by atoms with Crippen molar-refractivity contribution >= 4 is 50.9 Å². The number of piperazine rings is 1. The summed E-state index contributed by atoms with van der Waals surface area (Å²) in [5.74, 6) is -1.54. The smallest absolute Gasteiger partial charge is 0.246 e. The lowest BCUT2D eigenvalue weighted by Crippen LogP contribution is -2.56. The van der Waals surface area contributed by atoms with Crippen molar-refractivity contribution in [2.75, 3.05) is 44.3 Å². The number of carbonyl (C=O) groups excluding carboxylic acids is 4. The third kappa shape index (κ3) is 8.35. The minimum absolute atomic E-state index is 0.0666. The Labute approximate surface area is 262 Å². The van der Waals surface area contributed by atoms with Crippen LogP contribution in [0.3, 0.4) is 0 Å². The number of sulfonamides is 1. The van der Waals surface area contributed by atoms with Crippen LogP contribution in [-0.2, 0) is 42.2 Å². The number of nitrogens with one attached hydrogen (secondary N) is 2. The molecule has 0 unspecified atom stereocenters. The summed E-state index contributed by atoms with van der Waals surface area (Å²) < 4.78 is 24.9. The molecule has 0 radical (unpaired) electrons. The molecule has 2 atom stereocenters. The lowest BCUT2D eigenvalue weighted by Gasteiger charge is -2.37. The lowest BCUT2D eigenvalue weighted by atomic mass is 9.92. The number of amides is 4. The van der Waals surface area contributed by atoms with Crippen molar-refractivity contribution in [3.8, 4) is 0 Å². The minimum atomic E-state index is -3.33. The van der Waals surface area contributed by atoms with Gasteiger partial charge < -0.3 is 26.2 Å². The van der Waals surface area contributed by atoms with Crippen LogP contribution in [0.2, 0.25) is 5.02 Å². The molecule has 4 rings (SSSR count). The molecule has 2 aliphatic rings. The quantitative estimate of drug-likeness (QED) is 0.350. The molecule has 2 aromatic rings. The Balaban J connectivity index is 1.43. The molecule has 4 N–H and O–H groups in total. The Morgan fingerprint density at radius 3 is 2.30 bits per heavy atom. The molecule has 0 saturated carbocycles. The van der Waals surface area contributed by atoms with Gasteiger partial charge in [0.25, 0.3) is 0 Å². The van der Waals surface area contributed by atoms with Crippen molar-refractivity contribution in [1.29, 1.82) is 0 Å². The van der Waals surface area contributed by atoms with Gasteiger partial charge in [-0.3, -0.25) is 19.2 Å². The number of fused-ring (bicyclic) bond motifs is 1. The second-order valence-corrected chi connectivity index (χ2v) is 13.5. The van der Waals surface area contributed by atoms with E-state index in [-0.39, 0.29) is 76.8 Å². The zero-order chi connectivity index (χ0) is 32.0. The van der Waals surface area contributed by atoms with Crippen LogP contribution in [0.1, 0.15) is 36.0 Å². The molecule has 1 fully saturated rings. The topological polar surface area (TPSA) is 162 Å². The van der Waals surface area contributed by atoms with E-state index in [1.54, 1.807) is 23.1 Å². The number of benzene rings is 2. The number of anilines is 1. The van der Waals surface area contributed by atoms with E-state index < -0.39 is 33.9 Å². The highest BCUT2D eigenvalue weighted by atomic mass is 35.5. The molecule has 2 aromatic carbocycles. The van der Waals surface area contributed by atoms with E-state index in [4.69, 9.17) is 17.3 Å². The van der Waals surface area contributed by atoms with E-state index >= 15 is 0 Å². The Kier molecular flexibility index (Phi) is 11.0. The maximum absolute atomic E-state index is 13.7. The Bertz CT molecular complexity index is 1510. The molecular weight excluding hydrogens is 608 g/mol. The summed E-state index contributed by atoms with van der Waals surface area (Å²) in [7, 11) is -3.33. The number of nitrogens with zero attached hydrogens (tertiary/aromatic N) is 3. The molecule has 0 aliphatic carbocycles. The van der Waals surface area contributed by atoms with Crippen LogP contribution in [0.5, 0.6) is 0 Å². The molecule has 1 saturated heterocycles. The van der Waals surface area contributed by atoms with Crippen LogP contribution in [-0.4, -0.2) is 97.2 Å². The van der Waals surface area contributed by atoms with E-state index in [1.165, 1.54) is 9.21 Å². The Morgan fingerprint density at radius 2 is 1.66 bits per heavy atom. The standard InChI is InChI=1S/C30H39ClN6O6S/c1-20-17-23(7-8-24(20)31)33-29(40)25(11-12-32)34-30(41)26-18-21-5-3-4-6-22(21)19-37(26)28(39)10-9-27(38)35-13-15-36(16-14-35)44(2,42)43/h3-8,17,25-26H,9-16,18-19,32H2,1-2H3,(H,33,40)(H,34,41)/t25-,26-/m0/s1. The average Bonchev–Trinajstić information content (AvgIpc) is 3.00. The predicted molar refractivity (Wildman–Crippen MR) is 167 cm³/mol. The van der Waals surface area contributed by atoms with Gasteiger partial charge >= 0.3 is 0 Å². The molecule has 2 aliphatic heterocycles. The summed E-state index contributed by atoms with van der Waals surface area (Å²) in [5, 5.41) is 6.17. The molecule has 238 valence electrons. The van der Waals surface area contributed by atoms with Crippen LogP contribution in [0, 0.1) is 6.92 Å². The van der Waals surface area contributed by atoms with Gasteiger partial charge in [-0.25, -0.2) is 8.42 Å². The second-order valence-electron chi connectivity index (χ2n) is 11.1.